The molecule has 1 aliphatic heterocycles. The molecule has 0 aliphatic carbocycles. The molecular weight excluding hydrogens is 274 g/mol. The van der Waals surface area contributed by atoms with E-state index >= 15 is 0 Å². The Kier molecular flexibility index (Phi) is 5.08. The summed E-state index contributed by atoms with van der Waals surface area (Å²) in [5.41, 5.74) is 1.95. The van der Waals surface area contributed by atoms with Gasteiger partial charge in [0.15, 0.2) is 0 Å². The molecule has 2 rings (SSSR count). The van der Waals surface area contributed by atoms with Crippen molar-refractivity contribution in [3.8, 4) is 5.75 Å². The quantitative estimate of drug-likeness (QED) is 0.846. The molecule has 0 amide bonds. The number of nitrogens with one attached hydrogen (secondary N) is 1. The summed E-state index contributed by atoms with van der Waals surface area (Å²) in [4.78, 5) is 0. The highest BCUT2D eigenvalue weighted by Crippen LogP contribution is 2.28. The molecule has 0 fully saturated rings. The Hall–Kier alpha value is -1.03. The van der Waals surface area contributed by atoms with Gasteiger partial charge < -0.3 is 15.2 Å². The Morgan fingerprint density at radius 2 is 2.25 bits per heavy atom. The maximum absolute atomic E-state index is 9.51. The Labute approximate surface area is 125 Å². The number of halogens is 1. The average Bonchev–Trinajstić information content (AvgIpc) is 2.45. The van der Waals surface area contributed by atoms with E-state index in [1.807, 2.05) is 25.1 Å². The lowest BCUT2D eigenvalue weighted by atomic mass is 9.96. The van der Waals surface area contributed by atoms with Crippen molar-refractivity contribution < 1.29 is 9.84 Å². The van der Waals surface area contributed by atoms with Crippen LogP contribution in [0.4, 0.5) is 0 Å². The first-order valence-corrected chi connectivity index (χ1v) is 7.42. The molecule has 1 aromatic rings. The molecule has 4 heteroatoms. The Bertz CT molecular complexity index is 501. The lowest BCUT2D eigenvalue weighted by Crippen LogP contribution is -2.46. The van der Waals surface area contributed by atoms with E-state index in [1.165, 1.54) is 0 Å². The zero-order valence-electron chi connectivity index (χ0n) is 12.1. The van der Waals surface area contributed by atoms with Gasteiger partial charge in [-0.3, -0.25) is 0 Å². The van der Waals surface area contributed by atoms with E-state index in [0.717, 1.165) is 29.7 Å². The Morgan fingerprint density at radius 3 is 2.95 bits per heavy atom. The summed E-state index contributed by atoms with van der Waals surface area (Å²) in [6.45, 7) is 5.60. The topological polar surface area (TPSA) is 41.5 Å². The number of hydrogen-bond acceptors (Lipinski definition) is 3. The highest BCUT2D eigenvalue weighted by molar-refractivity contribution is 6.30. The average molecular weight is 296 g/mol. The molecule has 1 aromatic carbocycles. The normalized spacial score (nSPS) is 16.9. The van der Waals surface area contributed by atoms with Gasteiger partial charge >= 0.3 is 0 Å². The minimum Gasteiger partial charge on any atom is -0.489 e. The number of aliphatic hydroxyl groups is 1. The van der Waals surface area contributed by atoms with E-state index in [0.29, 0.717) is 18.2 Å². The minimum absolute atomic E-state index is 0.136. The van der Waals surface area contributed by atoms with Gasteiger partial charge in [-0.1, -0.05) is 24.9 Å². The van der Waals surface area contributed by atoms with Gasteiger partial charge in [0.1, 0.15) is 12.4 Å². The van der Waals surface area contributed by atoms with Crippen molar-refractivity contribution in [2.45, 2.75) is 32.2 Å². The second kappa shape index (κ2) is 6.61. The predicted molar refractivity (Wildman–Crippen MR) is 83.3 cm³/mol. The molecule has 0 saturated carbocycles. The standard InChI is InChI=1S/C16H22ClNO2/c1-3-6-16(2,11-19)18-9-12-7-13-8-14(17)4-5-15(13)20-10-12/h4-5,7-8,18-19H,3,6,9-11H2,1-2H3. The molecule has 1 unspecified atom stereocenters. The van der Waals surface area contributed by atoms with Crippen LogP contribution in [-0.4, -0.2) is 30.4 Å². The van der Waals surface area contributed by atoms with Crippen molar-refractivity contribution in [1.29, 1.82) is 0 Å². The van der Waals surface area contributed by atoms with E-state index in [4.69, 9.17) is 16.3 Å². The van der Waals surface area contributed by atoms with Crippen molar-refractivity contribution in [2.75, 3.05) is 19.8 Å². The second-order valence-electron chi connectivity index (χ2n) is 5.60. The first-order chi connectivity index (χ1) is 9.56. The number of rotatable bonds is 6. The summed E-state index contributed by atoms with van der Waals surface area (Å²) in [5.74, 6) is 0.872. The molecule has 2 N–H and O–H groups in total. The van der Waals surface area contributed by atoms with E-state index in [2.05, 4.69) is 18.3 Å². The second-order valence-corrected chi connectivity index (χ2v) is 6.03. The number of fused-ring (bicyclic) bond motifs is 1. The third-order valence-electron chi connectivity index (χ3n) is 3.64. The fourth-order valence-corrected chi connectivity index (χ4v) is 2.58. The number of ether oxygens (including phenoxy) is 1. The molecular formula is C16H22ClNO2. The number of aliphatic hydroxyl groups excluding tert-OH is 1. The van der Waals surface area contributed by atoms with Crippen LogP contribution in [0, 0.1) is 0 Å². The summed E-state index contributed by atoms with van der Waals surface area (Å²) >= 11 is 6.00. The van der Waals surface area contributed by atoms with Crippen LogP contribution < -0.4 is 10.1 Å². The minimum atomic E-state index is -0.232. The van der Waals surface area contributed by atoms with Crippen molar-refractivity contribution in [1.82, 2.24) is 5.32 Å². The fraction of sp³-hybridized carbons (Fsp3) is 0.500. The maximum Gasteiger partial charge on any atom is 0.127 e. The van der Waals surface area contributed by atoms with Gasteiger partial charge in [0, 0.05) is 22.7 Å². The van der Waals surface area contributed by atoms with E-state index in [-0.39, 0.29) is 12.1 Å². The van der Waals surface area contributed by atoms with Crippen LogP contribution in [-0.2, 0) is 0 Å². The van der Waals surface area contributed by atoms with Crippen LogP contribution in [0.5, 0.6) is 5.75 Å². The summed E-state index contributed by atoms with van der Waals surface area (Å²) in [5, 5.41) is 13.7. The lowest BCUT2D eigenvalue weighted by Gasteiger charge is -2.30. The maximum atomic E-state index is 9.51. The molecule has 0 aromatic heterocycles. The monoisotopic (exact) mass is 295 g/mol. The van der Waals surface area contributed by atoms with Crippen LogP contribution in [0.1, 0.15) is 32.3 Å². The van der Waals surface area contributed by atoms with Crippen LogP contribution in [0.25, 0.3) is 6.08 Å². The zero-order chi connectivity index (χ0) is 14.6. The fourth-order valence-electron chi connectivity index (χ4n) is 2.40. The van der Waals surface area contributed by atoms with Gasteiger partial charge in [0.2, 0.25) is 0 Å². The molecule has 20 heavy (non-hydrogen) atoms. The highest BCUT2D eigenvalue weighted by Gasteiger charge is 2.22. The van der Waals surface area contributed by atoms with Crippen LogP contribution >= 0.6 is 11.6 Å². The molecule has 1 aliphatic rings. The van der Waals surface area contributed by atoms with Gasteiger partial charge in [-0.15, -0.1) is 0 Å². The van der Waals surface area contributed by atoms with Crippen molar-refractivity contribution >= 4 is 17.7 Å². The van der Waals surface area contributed by atoms with Crippen LogP contribution in [0.3, 0.4) is 0 Å². The highest BCUT2D eigenvalue weighted by atomic mass is 35.5. The molecule has 1 atom stereocenters. The van der Waals surface area contributed by atoms with E-state index in [9.17, 15) is 5.11 Å². The van der Waals surface area contributed by atoms with Crippen molar-refractivity contribution in [3.63, 3.8) is 0 Å². The number of benzene rings is 1. The van der Waals surface area contributed by atoms with Crippen LogP contribution in [0.2, 0.25) is 5.02 Å². The van der Waals surface area contributed by atoms with Crippen molar-refractivity contribution in [2.24, 2.45) is 0 Å². The lowest BCUT2D eigenvalue weighted by molar-refractivity contribution is 0.167. The summed E-state index contributed by atoms with van der Waals surface area (Å²) in [7, 11) is 0. The molecule has 110 valence electrons. The third kappa shape index (κ3) is 3.75. The number of hydrogen-bond donors (Lipinski definition) is 2. The summed E-state index contributed by atoms with van der Waals surface area (Å²) in [6, 6.07) is 5.64. The Morgan fingerprint density at radius 1 is 1.45 bits per heavy atom. The predicted octanol–water partition coefficient (Wildman–Crippen LogP) is 3.26. The molecule has 0 spiro atoms. The van der Waals surface area contributed by atoms with Gasteiger partial charge in [0.05, 0.1) is 6.61 Å². The first-order valence-electron chi connectivity index (χ1n) is 7.04. The van der Waals surface area contributed by atoms with Gasteiger partial charge in [0.25, 0.3) is 0 Å². The zero-order valence-corrected chi connectivity index (χ0v) is 12.8. The molecule has 3 nitrogen and oxygen atoms in total. The first kappa shape index (κ1) is 15.4. The SMILES string of the molecule is CCCC(C)(CO)NCC1=Cc2cc(Cl)ccc2OC1. The largest absolute Gasteiger partial charge is 0.489 e. The van der Waals surface area contributed by atoms with Crippen molar-refractivity contribution in [3.05, 3.63) is 34.4 Å². The molecule has 0 saturated heterocycles. The summed E-state index contributed by atoms with van der Waals surface area (Å²) in [6.07, 6.45) is 4.10. The van der Waals surface area contributed by atoms with Gasteiger partial charge in [-0.2, -0.15) is 0 Å². The van der Waals surface area contributed by atoms with E-state index < -0.39 is 0 Å². The van der Waals surface area contributed by atoms with Gasteiger partial charge in [-0.25, -0.2) is 0 Å². The van der Waals surface area contributed by atoms with Gasteiger partial charge in [-0.05, 0) is 43.2 Å². The van der Waals surface area contributed by atoms with Crippen LogP contribution in [0.15, 0.2) is 23.8 Å². The Balaban J connectivity index is 2.04. The third-order valence-corrected chi connectivity index (χ3v) is 3.87. The smallest absolute Gasteiger partial charge is 0.127 e. The molecule has 1 heterocycles. The van der Waals surface area contributed by atoms with E-state index in [1.54, 1.807) is 0 Å². The molecule has 0 radical (unpaired) electrons. The summed E-state index contributed by atoms with van der Waals surface area (Å²) < 4.78 is 5.72. The molecule has 0 bridgehead atoms.